The van der Waals surface area contributed by atoms with Crippen LogP contribution in [0.25, 0.3) is 0 Å². The van der Waals surface area contributed by atoms with Gasteiger partial charge in [0.2, 0.25) is 11.8 Å². The molecule has 1 atom stereocenters. The highest BCUT2D eigenvalue weighted by Gasteiger charge is 2.32. The fourth-order valence-electron chi connectivity index (χ4n) is 3.90. The number of carbonyl (C=O) groups excluding carboxylic acids is 2. The van der Waals surface area contributed by atoms with Crippen LogP contribution in [0.5, 0.6) is 5.75 Å². The van der Waals surface area contributed by atoms with Crippen molar-refractivity contribution in [2.75, 3.05) is 26.2 Å². The molecule has 2 amide bonds. The molecule has 0 bridgehead atoms. The molecule has 0 saturated carbocycles. The topological polar surface area (TPSA) is 60.9 Å². The highest BCUT2D eigenvalue weighted by molar-refractivity contribution is 5.81. The van der Waals surface area contributed by atoms with Crippen molar-refractivity contribution in [3.63, 3.8) is 0 Å². The molecule has 5 nitrogen and oxygen atoms in total. The van der Waals surface area contributed by atoms with Gasteiger partial charge in [0.15, 0.2) is 0 Å². The summed E-state index contributed by atoms with van der Waals surface area (Å²) >= 11 is 0. The van der Waals surface area contributed by atoms with Crippen LogP contribution >= 0.6 is 0 Å². The molecule has 2 aliphatic heterocycles. The number of phenols is 1. The van der Waals surface area contributed by atoms with E-state index in [0.29, 0.717) is 18.2 Å². The standard InChI is InChI=1S/C19H26N2O3/c1-14(22)21-10-2-3-17(13-21)19(24)20-11-8-16(9-12-20)15-4-6-18(23)7-5-15/h4-7,16-17,23H,2-3,8-13H2,1H3. The van der Waals surface area contributed by atoms with Gasteiger partial charge in [-0.15, -0.1) is 0 Å². The van der Waals surface area contributed by atoms with E-state index in [1.807, 2.05) is 17.0 Å². The smallest absolute Gasteiger partial charge is 0.227 e. The molecule has 0 aliphatic carbocycles. The van der Waals surface area contributed by atoms with E-state index < -0.39 is 0 Å². The summed E-state index contributed by atoms with van der Waals surface area (Å²) in [7, 11) is 0. The number of nitrogens with zero attached hydrogens (tertiary/aromatic N) is 2. The monoisotopic (exact) mass is 330 g/mol. The van der Waals surface area contributed by atoms with Crippen LogP contribution in [0.3, 0.4) is 0 Å². The van der Waals surface area contributed by atoms with Crippen LogP contribution in [-0.2, 0) is 9.59 Å². The summed E-state index contributed by atoms with van der Waals surface area (Å²) in [5.74, 6) is 0.991. The third-order valence-corrected chi connectivity index (χ3v) is 5.39. The van der Waals surface area contributed by atoms with Crippen molar-refractivity contribution in [1.29, 1.82) is 0 Å². The van der Waals surface area contributed by atoms with Gasteiger partial charge in [-0.3, -0.25) is 9.59 Å². The zero-order valence-corrected chi connectivity index (χ0v) is 14.3. The Kier molecular flexibility index (Phi) is 5.07. The van der Waals surface area contributed by atoms with Crippen LogP contribution in [0, 0.1) is 5.92 Å². The van der Waals surface area contributed by atoms with E-state index in [1.165, 1.54) is 5.56 Å². The van der Waals surface area contributed by atoms with Crippen molar-refractivity contribution in [1.82, 2.24) is 9.80 Å². The number of amides is 2. The molecule has 2 heterocycles. The van der Waals surface area contributed by atoms with Gasteiger partial charge >= 0.3 is 0 Å². The van der Waals surface area contributed by atoms with Crippen molar-refractivity contribution in [3.05, 3.63) is 29.8 Å². The van der Waals surface area contributed by atoms with E-state index in [9.17, 15) is 14.7 Å². The zero-order valence-electron chi connectivity index (χ0n) is 14.3. The molecule has 0 spiro atoms. The second-order valence-electron chi connectivity index (χ2n) is 7.00. The second-order valence-corrected chi connectivity index (χ2v) is 7.00. The number of rotatable bonds is 2. The van der Waals surface area contributed by atoms with Gasteiger partial charge in [-0.05, 0) is 49.3 Å². The molecule has 130 valence electrons. The molecule has 1 N–H and O–H groups in total. The predicted molar refractivity (Wildman–Crippen MR) is 91.6 cm³/mol. The second kappa shape index (κ2) is 7.24. The summed E-state index contributed by atoms with van der Waals surface area (Å²) in [5.41, 5.74) is 1.24. The molecule has 1 unspecified atom stereocenters. The molecule has 24 heavy (non-hydrogen) atoms. The first-order valence-corrected chi connectivity index (χ1v) is 8.88. The van der Waals surface area contributed by atoms with Crippen LogP contribution in [0.2, 0.25) is 0 Å². The molecular formula is C19H26N2O3. The van der Waals surface area contributed by atoms with Crippen molar-refractivity contribution in [2.45, 2.75) is 38.5 Å². The van der Waals surface area contributed by atoms with Crippen LogP contribution in [0.1, 0.15) is 44.1 Å². The lowest BCUT2D eigenvalue weighted by molar-refractivity contribution is -0.141. The Hall–Kier alpha value is -2.04. The fraction of sp³-hybridized carbons (Fsp3) is 0.579. The third-order valence-electron chi connectivity index (χ3n) is 5.39. The number of hydrogen-bond acceptors (Lipinski definition) is 3. The average molecular weight is 330 g/mol. The van der Waals surface area contributed by atoms with Gasteiger partial charge in [-0.25, -0.2) is 0 Å². The van der Waals surface area contributed by atoms with Gasteiger partial charge in [0.25, 0.3) is 0 Å². The maximum absolute atomic E-state index is 12.8. The Morgan fingerprint density at radius 2 is 1.67 bits per heavy atom. The lowest BCUT2D eigenvalue weighted by atomic mass is 9.88. The molecule has 5 heteroatoms. The fourth-order valence-corrected chi connectivity index (χ4v) is 3.90. The molecular weight excluding hydrogens is 304 g/mol. The Morgan fingerprint density at radius 1 is 1.00 bits per heavy atom. The zero-order chi connectivity index (χ0) is 17.1. The van der Waals surface area contributed by atoms with Crippen LogP contribution in [0.15, 0.2) is 24.3 Å². The summed E-state index contributed by atoms with van der Waals surface area (Å²) in [4.78, 5) is 28.1. The largest absolute Gasteiger partial charge is 0.508 e. The van der Waals surface area contributed by atoms with E-state index >= 15 is 0 Å². The van der Waals surface area contributed by atoms with Gasteiger partial charge in [0, 0.05) is 33.1 Å². The Balaban J connectivity index is 1.55. The van der Waals surface area contributed by atoms with Crippen LogP contribution < -0.4 is 0 Å². The first-order chi connectivity index (χ1) is 11.5. The number of likely N-dealkylation sites (tertiary alicyclic amines) is 2. The molecule has 0 aromatic heterocycles. The normalized spacial score (nSPS) is 22.5. The quantitative estimate of drug-likeness (QED) is 0.905. The highest BCUT2D eigenvalue weighted by Crippen LogP contribution is 2.30. The molecule has 3 rings (SSSR count). The Labute approximate surface area is 143 Å². The summed E-state index contributed by atoms with van der Waals surface area (Å²) in [6, 6.07) is 7.41. The minimum absolute atomic E-state index is 0.0344. The average Bonchev–Trinajstić information content (AvgIpc) is 2.62. The van der Waals surface area contributed by atoms with Crippen molar-refractivity contribution in [2.24, 2.45) is 5.92 Å². The number of benzene rings is 1. The van der Waals surface area contributed by atoms with E-state index in [2.05, 4.69) is 0 Å². The summed E-state index contributed by atoms with van der Waals surface area (Å²) in [6.07, 6.45) is 3.72. The van der Waals surface area contributed by atoms with Gasteiger partial charge in [-0.1, -0.05) is 12.1 Å². The Bertz CT molecular complexity index is 591. The molecule has 1 aromatic rings. The van der Waals surface area contributed by atoms with Crippen LogP contribution in [0.4, 0.5) is 0 Å². The minimum Gasteiger partial charge on any atom is -0.508 e. The van der Waals surface area contributed by atoms with E-state index in [4.69, 9.17) is 0 Å². The summed E-state index contributed by atoms with van der Waals surface area (Å²) < 4.78 is 0. The molecule has 2 fully saturated rings. The SMILES string of the molecule is CC(=O)N1CCCC(C(=O)N2CCC(c3ccc(O)cc3)CC2)C1. The molecule has 1 aromatic carbocycles. The van der Waals surface area contributed by atoms with Crippen molar-refractivity contribution in [3.8, 4) is 5.75 Å². The third kappa shape index (κ3) is 3.71. The maximum atomic E-state index is 12.8. The highest BCUT2D eigenvalue weighted by atomic mass is 16.3. The Morgan fingerprint density at radius 3 is 2.29 bits per heavy atom. The number of carbonyl (C=O) groups is 2. The van der Waals surface area contributed by atoms with Gasteiger partial charge in [0.05, 0.1) is 5.92 Å². The first-order valence-electron chi connectivity index (χ1n) is 8.88. The lowest BCUT2D eigenvalue weighted by Crippen LogP contribution is -2.48. The van der Waals surface area contributed by atoms with Crippen molar-refractivity contribution >= 4 is 11.8 Å². The first kappa shape index (κ1) is 16.8. The minimum atomic E-state index is -0.0344. The van der Waals surface area contributed by atoms with E-state index in [1.54, 1.807) is 24.0 Å². The molecule has 0 radical (unpaired) electrons. The van der Waals surface area contributed by atoms with Crippen LogP contribution in [-0.4, -0.2) is 52.9 Å². The lowest BCUT2D eigenvalue weighted by Gasteiger charge is -2.37. The maximum Gasteiger partial charge on any atom is 0.227 e. The van der Waals surface area contributed by atoms with Gasteiger partial charge in [0.1, 0.15) is 5.75 Å². The molecule has 2 saturated heterocycles. The molecule has 2 aliphatic rings. The van der Waals surface area contributed by atoms with Gasteiger partial charge < -0.3 is 14.9 Å². The summed E-state index contributed by atoms with van der Waals surface area (Å²) in [5, 5.41) is 9.39. The van der Waals surface area contributed by atoms with E-state index in [-0.39, 0.29) is 17.7 Å². The number of piperidine rings is 2. The number of phenolic OH excluding ortho intramolecular Hbond substituents is 1. The van der Waals surface area contributed by atoms with E-state index in [0.717, 1.165) is 45.3 Å². The summed E-state index contributed by atoms with van der Waals surface area (Å²) in [6.45, 7) is 4.49. The number of hydrogen-bond donors (Lipinski definition) is 1. The van der Waals surface area contributed by atoms with Gasteiger partial charge in [-0.2, -0.15) is 0 Å². The number of aromatic hydroxyl groups is 1. The predicted octanol–water partition coefficient (Wildman–Crippen LogP) is 2.36. The van der Waals surface area contributed by atoms with Crippen molar-refractivity contribution < 1.29 is 14.7 Å².